The standard InChI is InChI=1S/C12H13NOS/c1-7-12(15-3)10-6-9(8(2)14)4-5-11(10)13-7/h4-6,13H,1-3H3. The summed E-state index contributed by atoms with van der Waals surface area (Å²) < 4.78 is 0. The molecule has 0 fully saturated rings. The number of aromatic nitrogens is 1. The molecule has 1 aromatic heterocycles. The summed E-state index contributed by atoms with van der Waals surface area (Å²) in [7, 11) is 0. The van der Waals surface area contributed by atoms with E-state index in [9.17, 15) is 4.79 Å². The first kappa shape index (κ1) is 10.3. The van der Waals surface area contributed by atoms with Gasteiger partial charge >= 0.3 is 0 Å². The van der Waals surface area contributed by atoms with Crippen LogP contribution in [0.2, 0.25) is 0 Å². The quantitative estimate of drug-likeness (QED) is 0.620. The number of ketones is 1. The molecule has 0 spiro atoms. The van der Waals surface area contributed by atoms with Crippen molar-refractivity contribution in [3.8, 4) is 0 Å². The molecule has 0 bridgehead atoms. The summed E-state index contributed by atoms with van der Waals surface area (Å²) in [6.45, 7) is 3.65. The molecule has 2 rings (SSSR count). The van der Waals surface area contributed by atoms with Crippen LogP contribution >= 0.6 is 11.8 Å². The number of thioether (sulfide) groups is 1. The minimum Gasteiger partial charge on any atom is -0.358 e. The molecule has 0 aliphatic carbocycles. The third-order valence-corrected chi connectivity index (χ3v) is 3.47. The van der Waals surface area contributed by atoms with Gasteiger partial charge in [0.05, 0.1) is 0 Å². The number of Topliss-reactive ketones (excluding diaryl/α,β-unsaturated/α-hetero) is 1. The van der Waals surface area contributed by atoms with E-state index < -0.39 is 0 Å². The van der Waals surface area contributed by atoms with E-state index in [0.29, 0.717) is 0 Å². The van der Waals surface area contributed by atoms with Crippen molar-refractivity contribution in [2.75, 3.05) is 6.26 Å². The summed E-state index contributed by atoms with van der Waals surface area (Å²) in [6.07, 6.45) is 2.05. The SMILES string of the molecule is CSc1c(C)[nH]c2ccc(C(C)=O)cc12. The monoisotopic (exact) mass is 219 g/mol. The van der Waals surface area contributed by atoms with E-state index in [4.69, 9.17) is 0 Å². The highest BCUT2D eigenvalue weighted by Crippen LogP contribution is 2.30. The first-order valence-electron chi connectivity index (χ1n) is 4.80. The molecule has 0 unspecified atom stereocenters. The van der Waals surface area contributed by atoms with E-state index in [0.717, 1.165) is 16.5 Å². The zero-order chi connectivity index (χ0) is 11.0. The fourth-order valence-electron chi connectivity index (χ4n) is 1.78. The maximum Gasteiger partial charge on any atom is 0.159 e. The Bertz CT molecular complexity index is 528. The van der Waals surface area contributed by atoms with Crippen LogP contribution in [0.5, 0.6) is 0 Å². The number of carbonyl (C=O) groups is 1. The van der Waals surface area contributed by atoms with E-state index >= 15 is 0 Å². The zero-order valence-electron chi connectivity index (χ0n) is 9.05. The number of benzene rings is 1. The highest BCUT2D eigenvalue weighted by Gasteiger charge is 2.09. The van der Waals surface area contributed by atoms with Gasteiger partial charge in [-0.3, -0.25) is 4.79 Å². The van der Waals surface area contributed by atoms with Gasteiger partial charge in [-0.1, -0.05) is 0 Å². The molecule has 0 saturated heterocycles. The van der Waals surface area contributed by atoms with Crippen molar-refractivity contribution in [1.82, 2.24) is 4.98 Å². The molecule has 0 aliphatic heterocycles. The number of H-pyrrole nitrogens is 1. The van der Waals surface area contributed by atoms with Gasteiger partial charge < -0.3 is 4.98 Å². The molecular weight excluding hydrogens is 206 g/mol. The second-order valence-corrected chi connectivity index (χ2v) is 4.42. The first-order chi connectivity index (χ1) is 7.13. The van der Waals surface area contributed by atoms with Gasteiger partial charge in [-0.2, -0.15) is 0 Å². The summed E-state index contributed by atoms with van der Waals surface area (Å²) in [5.74, 6) is 0.114. The van der Waals surface area contributed by atoms with Crippen LogP contribution in [0.4, 0.5) is 0 Å². The lowest BCUT2D eigenvalue weighted by Crippen LogP contribution is -1.90. The average molecular weight is 219 g/mol. The Morgan fingerprint density at radius 1 is 1.40 bits per heavy atom. The van der Waals surface area contributed by atoms with Crippen LogP contribution in [-0.4, -0.2) is 17.0 Å². The Morgan fingerprint density at radius 2 is 2.13 bits per heavy atom. The van der Waals surface area contributed by atoms with E-state index in [1.807, 2.05) is 18.2 Å². The molecule has 1 aromatic carbocycles. The third kappa shape index (κ3) is 1.67. The number of aromatic amines is 1. The molecule has 15 heavy (non-hydrogen) atoms. The van der Waals surface area contributed by atoms with E-state index in [1.54, 1.807) is 18.7 Å². The molecular formula is C12H13NOS. The highest BCUT2D eigenvalue weighted by atomic mass is 32.2. The van der Waals surface area contributed by atoms with Crippen LogP contribution < -0.4 is 0 Å². The molecule has 0 radical (unpaired) electrons. The highest BCUT2D eigenvalue weighted by molar-refractivity contribution is 7.98. The number of rotatable bonds is 2. The number of carbonyl (C=O) groups excluding carboxylic acids is 1. The number of aryl methyl sites for hydroxylation is 1. The molecule has 1 heterocycles. The van der Waals surface area contributed by atoms with Gasteiger partial charge in [0.2, 0.25) is 0 Å². The maximum absolute atomic E-state index is 11.3. The number of hydrogen-bond donors (Lipinski definition) is 1. The maximum atomic E-state index is 11.3. The fraction of sp³-hybridized carbons (Fsp3) is 0.250. The largest absolute Gasteiger partial charge is 0.358 e. The van der Waals surface area contributed by atoms with Crippen molar-refractivity contribution < 1.29 is 4.79 Å². The summed E-state index contributed by atoms with van der Waals surface area (Å²) >= 11 is 1.71. The summed E-state index contributed by atoms with van der Waals surface area (Å²) in [5, 5.41) is 1.15. The molecule has 1 N–H and O–H groups in total. The van der Waals surface area contributed by atoms with Crippen molar-refractivity contribution in [3.63, 3.8) is 0 Å². The van der Waals surface area contributed by atoms with Gasteiger partial charge in [0, 0.05) is 27.1 Å². The zero-order valence-corrected chi connectivity index (χ0v) is 9.87. The number of nitrogens with one attached hydrogen (secondary N) is 1. The smallest absolute Gasteiger partial charge is 0.159 e. The van der Waals surface area contributed by atoms with Crippen molar-refractivity contribution in [2.24, 2.45) is 0 Å². The Kier molecular flexibility index (Phi) is 2.57. The predicted octanol–water partition coefficient (Wildman–Crippen LogP) is 3.40. The molecule has 0 aliphatic rings. The van der Waals surface area contributed by atoms with Crippen LogP contribution in [0, 0.1) is 6.92 Å². The molecule has 0 atom stereocenters. The Balaban J connectivity index is 2.73. The lowest BCUT2D eigenvalue weighted by Gasteiger charge is -1.98. The fourth-order valence-corrected chi connectivity index (χ4v) is 2.53. The molecule has 0 amide bonds. The van der Waals surface area contributed by atoms with Gasteiger partial charge in [-0.25, -0.2) is 0 Å². The van der Waals surface area contributed by atoms with Crippen LogP contribution in [0.1, 0.15) is 23.0 Å². The normalized spacial score (nSPS) is 10.9. The average Bonchev–Trinajstić information content (AvgIpc) is 2.51. The van der Waals surface area contributed by atoms with Crippen molar-refractivity contribution in [2.45, 2.75) is 18.7 Å². The minimum absolute atomic E-state index is 0.114. The van der Waals surface area contributed by atoms with E-state index in [2.05, 4.69) is 18.2 Å². The van der Waals surface area contributed by atoms with Gasteiger partial charge in [0.25, 0.3) is 0 Å². The summed E-state index contributed by atoms with van der Waals surface area (Å²) in [4.78, 5) is 15.8. The van der Waals surface area contributed by atoms with Crippen LogP contribution in [0.25, 0.3) is 10.9 Å². The van der Waals surface area contributed by atoms with Crippen molar-refractivity contribution >= 4 is 28.4 Å². The lowest BCUT2D eigenvalue weighted by molar-refractivity contribution is 0.101. The van der Waals surface area contributed by atoms with Crippen LogP contribution in [0.15, 0.2) is 23.1 Å². The van der Waals surface area contributed by atoms with Crippen molar-refractivity contribution in [1.29, 1.82) is 0 Å². The summed E-state index contributed by atoms with van der Waals surface area (Å²) in [5.41, 5.74) is 3.04. The summed E-state index contributed by atoms with van der Waals surface area (Å²) in [6, 6.07) is 5.80. The lowest BCUT2D eigenvalue weighted by atomic mass is 10.1. The number of hydrogen-bond acceptors (Lipinski definition) is 2. The van der Waals surface area contributed by atoms with Gasteiger partial charge in [0.15, 0.2) is 5.78 Å². The van der Waals surface area contributed by atoms with Crippen molar-refractivity contribution in [3.05, 3.63) is 29.5 Å². The predicted molar refractivity (Wildman–Crippen MR) is 64.8 cm³/mol. The molecule has 2 aromatic rings. The minimum atomic E-state index is 0.114. The van der Waals surface area contributed by atoms with E-state index in [1.165, 1.54) is 10.6 Å². The van der Waals surface area contributed by atoms with Crippen LogP contribution in [0.3, 0.4) is 0 Å². The first-order valence-corrected chi connectivity index (χ1v) is 6.03. The number of fused-ring (bicyclic) bond motifs is 1. The second-order valence-electron chi connectivity index (χ2n) is 3.60. The van der Waals surface area contributed by atoms with Crippen LogP contribution in [-0.2, 0) is 0 Å². The van der Waals surface area contributed by atoms with Gasteiger partial charge in [0.1, 0.15) is 0 Å². The Labute approximate surface area is 93.1 Å². The second kappa shape index (κ2) is 3.74. The molecule has 0 saturated carbocycles. The van der Waals surface area contributed by atoms with Gasteiger partial charge in [-0.05, 0) is 38.3 Å². The Morgan fingerprint density at radius 3 is 2.73 bits per heavy atom. The molecule has 78 valence electrons. The van der Waals surface area contributed by atoms with E-state index in [-0.39, 0.29) is 5.78 Å². The third-order valence-electron chi connectivity index (χ3n) is 2.54. The molecule has 3 heteroatoms. The topological polar surface area (TPSA) is 32.9 Å². The van der Waals surface area contributed by atoms with Gasteiger partial charge in [-0.15, -0.1) is 11.8 Å². The molecule has 2 nitrogen and oxygen atoms in total. The Hall–Kier alpha value is -1.22.